The van der Waals surface area contributed by atoms with Crippen molar-refractivity contribution in [2.24, 2.45) is 0 Å². The molecule has 7 nitrogen and oxygen atoms in total. The zero-order chi connectivity index (χ0) is 13.9. The molecule has 1 aliphatic heterocycles. The molecule has 0 spiro atoms. The fraction of sp³-hybridized carbons (Fsp3) is 0.615. The first-order valence-corrected chi connectivity index (χ1v) is 6.79. The third-order valence-corrected chi connectivity index (χ3v) is 3.44. The molecule has 0 bridgehead atoms. The number of hydrogen-bond donors (Lipinski definition) is 1. The van der Waals surface area contributed by atoms with Crippen LogP contribution in [0, 0.1) is 0 Å². The van der Waals surface area contributed by atoms with Crippen molar-refractivity contribution in [3.63, 3.8) is 0 Å². The Labute approximate surface area is 117 Å². The van der Waals surface area contributed by atoms with E-state index in [1.54, 1.807) is 13.2 Å². The number of ether oxygens (including phenoxy) is 2. The van der Waals surface area contributed by atoms with E-state index in [-0.39, 0.29) is 5.91 Å². The second kappa shape index (κ2) is 5.62. The molecule has 0 aromatic carbocycles. The van der Waals surface area contributed by atoms with Gasteiger partial charge in [0.15, 0.2) is 6.10 Å². The van der Waals surface area contributed by atoms with Crippen molar-refractivity contribution in [2.75, 3.05) is 31.7 Å². The van der Waals surface area contributed by atoms with Gasteiger partial charge < -0.3 is 19.7 Å². The highest BCUT2D eigenvalue weighted by Gasteiger charge is 2.31. The number of amides is 1. The van der Waals surface area contributed by atoms with E-state index >= 15 is 0 Å². The highest BCUT2D eigenvalue weighted by molar-refractivity contribution is 5.82. The number of carbonyl (C=O) groups excluding carboxylic acids is 1. The number of morpholine rings is 1. The van der Waals surface area contributed by atoms with E-state index in [1.807, 2.05) is 4.90 Å². The Morgan fingerprint density at radius 2 is 2.35 bits per heavy atom. The van der Waals surface area contributed by atoms with Crippen LogP contribution in [0.5, 0.6) is 5.88 Å². The molecule has 1 aliphatic carbocycles. The van der Waals surface area contributed by atoms with Gasteiger partial charge in [-0.2, -0.15) is 0 Å². The van der Waals surface area contributed by atoms with Gasteiger partial charge in [-0.3, -0.25) is 4.79 Å². The molecule has 2 heterocycles. The van der Waals surface area contributed by atoms with Crippen LogP contribution in [0.3, 0.4) is 0 Å². The van der Waals surface area contributed by atoms with Crippen LogP contribution in [-0.2, 0) is 9.53 Å². The standard InChI is InChI=1S/C13H18N4O3/c1-19-12-6-11(14-8-15-12)17-4-5-20-10(7-17)13(18)16-9-2-3-9/h6,8-10H,2-5,7H2,1H3,(H,16,18). The van der Waals surface area contributed by atoms with Gasteiger partial charge >= 0.3 is 0 Å². The van der Waals surface area contributed by atoms with E-state index in [1.165, 1.54) is 6.33 Å². The van der Waals surface area contributed by atoms with Gasteiger partial charge in [0.2, 0.25) is 5.88 Å². The van der Waals surface area contributed by atoms with Crippen molar-refractivity contribution in [3.8, 4) is 5.88 Å². The smallest absolute Gasteiger partial charge is 0.251 e. The van der Waals surface area contributed by atoms with Gasteiger partial charge in [0.25, 0.3) is 5.91 Å². The summed E-state index contributed by atoms with van der Waals surface area (Å²) in [5.41, 5.74) is 0. The van der Waals surface area contributed by atoms with Gasteiger partial charge in [0, 0.05) is 18.7 Å². The predicted molar refractivity (Wildman–Crippen MR) is 71.7 cm³/mol. The Bertz CT molecular complexity index is 492. The largest absolute Gasteiger partial charge is 0.481 e. The molecule has 1 N–H and O–H groups in total. The maximum atomic E-state index is 12.0. The topological polar surface area (TPSA) is 76.6 Å². The molecule has 1 saturated carbocycles. The van der Waals surface area contributed by atoms with Gasteiger partial charge in [0.05, 0.1) is 20.3 Å². The molecule has 2 fully saturated rings. The number of hydrogen-bond acceptors (Lipinski definition) is 6. The Hall–Kier alpha value is -1.89. The molecule has 1 amide bonds. The van der Waals surface area contributed by atoms with E-state index in [4.69, 9.17) is 9.47 Å². The summed E-state index contributed by atoms with van der Waals surface area (Å²) in [7, 11) is 1.57. The first-order chi connectivity index (χ1) is 9.76. The van der Waals surface area contributed by atoms with Crippen LogP contribution in [0.1, 0.15) is 12.8 Å². The molecule has 1 saturated heterocycles. The van der Waals surface area contributed by atoms with Gasteiger partial charge in [-0.05, 0) is 12.8 Å². The molecule has 108 valence electrons. The Balaban J connectivity index is 1.65. The number of methoxy groups -OCH3 is 1. The molecule has 2 aliphatic rings. The van der Waals surface area contributed by atoms with Gasteiger partial charge in [-0.15, -0.1) is 0 Å². The number of carbonyl (C=O) groups is 1. The maximum Gasteiger partial charge on any atom is 0.251 e. The maximum absolute atomic E-state index is 12.0. The summed E-state index contributed by atoms with van der Waals surface area (Å²) in [6.07, 6.45) is 3.17. The van der Waals surface area contributed by atoms with Crippen molar-refractivity contribution in [1.29, 1.82) is 0 Å². The zero-order valence-electron chi connectivity index (χ0n) is 11.4. The van der Waals surface area contributed by atoms with Gasteiger partial charge in [-0.1, -0.05) is 0 Å². The normalized spacial score (nSPS) is 22.4. The molecular weight excluding hydrogens is 260 g/mol. The Kier molecular flexibility index (Phi) is 3.68. The fourth-order valence-electron chi connectivity index (χ4n) is 2.15. The molecular formula is C13H18N4O3. The number of nitrogens with one attached hydrogen (secondary N) is 1. The minimum Gasteiger partial charge on any atom is -0.481 e. The number of rotatable bonds is 4. The van der Waals surface area contributed by atoms with E-state index in [9.17, 15) is 4.79 Å². The van der Waals surface area contributed by atoms with Crippen LogP contribution in [-0.4, -0.2) is 54.8 Å². The van der Waals surface area contributed by atoms with Crippen molar-refractivity contribution in [1.82, 2.24) is 15.3 Å². The minimum atomic E-state index is -0.440. The van der Waals surface area contributed by atoms with Crippen molar-refractivity contribution < 1.29 is 14.3 Å². The average Bonchev–Trinajstić information content (AvgIpc) is 3.31. The molecule has 1 unspecified atom stereocenters. The first kappa shape index (κ1) is 13.1. The summed E-state index contributed by atoms with van der Waals surface area (Å²) in [5.74, 6) is 1.24. The lowest BCUT2D eigenvalue weighted by Gasteiger charge is -2.32. The van der Waals surface area contributed by atoms with Crippen molar-refractivity contribution in [2.45, 2.75) is 25.0 Å². The van der Waals surface area contributed by atoms with Gasteiger partial charge in [0.1, 0.15) is 12.1 Å². The lowest BCUT2D eigenvalue weighted by Crippen LogP contribution is -2.50. The first-order valence-electron chi connectivity index (χ1n) is 6.79. The third-order valence-electron chi connectivity index (χ3n) is 3.44. The molecule has 7 heteroatoms. The van der Waals surface area contributed by atoms with Crippen LogP contribution < -0.4 is 15.0 Å². The monoisotopic (exact) mass is 278 g/mol. The Morgan fingerprint density at radius 1 is 1.50 bits per heavy atom. The molecule has 0 radical (unpaired) electrons. The zero-order valence-corrected chi connectivity index (χ0v) is 11.4. The summed E-state index contributed by atoms with van der Waals surface area (Å²) < 4.78 is 10.6. The summed E-state index contributed by atoms with van der Waals surface area (Å²) in [5, 5.41) is 2.97. The second-order valence-corrected chi connectivity index (χ2v) is 5.01. The van der Waals surface area contributed by atoms with Crippen molar-refractivity contribution in [3.05, 3.63) is 12.4 Å². The number of anilines is 1. The molecule has 20 heavy (non-hydrogen) atoms. The highest BCUT2D eigenvalue weighted by atomic mass is 16.5. The summed E-state index contributed by atoms with van der Waals surface area (Å²) in [4.78, 5) is 22.3. The highest BCUT2D eigenvalue weighted by Crippen LogP contribution is 2.21. The fourth-order valence-corrected chi connectivity index (χ4v) is 2.15. The van der Waals surface area contributed by atoms with E-state index < -0.39 is 6.10 Å². The summed E-state index contributed by atoms with van der Waals surface area (Å²) >= 11 is 0. The SMILES string of the molecule is COc1cc(N2CCOC(C(=O)NC3CC3)C2)ncn1. The predicted octanol–water partition coefficient (Wildman–Crippen LogP) is -0.0310. The third kappa shape index (κ3) is 2.98. The minimum absolute atomic E-state index is 0.0294. The molecule has 1 aromatic rings. The van der Waals surface area contributed by atoms with Crippen LogP contribution in [0.4, 0.5) is 5.82 Å². The molecule has 1 atom stereocenters. The average molecular weight is 278 g/mol. The van der Waals surface area contributed by atoms with Crippen LogP contribution >= 0.6 is 0 Å². The molecule has 1 aromatic heterocycles. The second-order valence-electron chi connectivity index (χ2n) is 5.01. The van der Waals surface area contributed by atoms with Crippen LogP contribution in [0.25, 0.3) is 0 Å². The quantitative estimate of drug-likeness (QED) is 0.833. The van der Waals surface area contributed by atoms with E-state index in [0.717, 1.165) is 18.7 Å². The van der Waals surface area contributed by atoms with Gasteiger partial charge in [-0.25, -0.2) is 9.97 Å². The molecule has 3 rings (SSSR count). The number of aromatic nitrogens is 2. The van der Waals surface area contributed by atoms with E-state index in [2.05, 4.69) is 15.3 Å². The number of nitrogens with zero attached hydrogens (tertiary/aromatic N) is 3. The van der Waals surface area contributed by atoms with Crippen molar-refractivity contribution >= 4 is 11.7 Å². The van der Waals surface area contributed by atoms with Crippen LogP contribution in [0.2, 0.25) is 0 Å². The lowest BCUT2D eigenvalue weighted by molar-refractivity contribution is -0.133. The summed E-state index contributed by atoms with van der Waals surface area (Å²) in [6, 6.07) is 2.11. The lowest BCUT2D eigenvalue weighted by atomic mass is 10.2. The summed E-state index contributed by atoms with van der Waals surface area (Å²) in [6.45, 7) is 1.71. The van der Waals surface area contributed by atoms with E-state index in [0.29, 0.717) is 31.6 Å². The Morgan fingerprint density at radius 3 is 3.10 bits per heavy atom. The van der Waals surface area contributed by atoms with Crippen LogP contribution in [0.15, 0.2) is 12.4 Å².